The molecule has 0 aliphatic heterocycles. The summed E-state index contributed by atoms with van der Waals surface area (Å²) in [7, 11) is 0. The average molecular weight is 334 g/mol. The molecular weight excluding hydrogens is 312 g/mol. The minimum Gasteiger partial charge on any atom is -0.370 e. The lowest BCUT2D eigenvalue weighted by atomic mass is 10.2. The number of aryl methyl sites for hydroxylation is 1. The molecule has 0 aromatic carbocycles. The van der Waals surface area contributed by atoms with Crippen LogP contribution in [0.25, 0.3) is 11.4 Å². The van der Waals surface area contributed by atoms with Crippen molar-refractivity contribution in [3.8, 4) is 11.4 Å². The van der Waals surface area contributed by atoms with Crippen LogP contribution in [0.15, 0.2) is 55.0 Å². The summed E-state index contributed by atoms with van der Waals surface area (Å²) in [5.41, 5.74) is 1.92. The number of aromatic nitrogens is 4. The van der Waals surface area contributed by atoms with Gasteiger partial charge in [-0.1, -0.05) is 6.07 Å². The minimum absolute atomic E-state index is 0.724. The number of unbranched alkanes of at least 4 members (excludes halogenated alkanes) is 1. The van der Waals surface area contributed by atoms with E-state index < -0.39 is 0 Å². The number of hydrogen-bond acceptors (Lipinski definition) is 6. The van der Waals surface area contributed by atoms with E-state index in [9.17, 15) is 0 Å². The highest BCUT2D eigenvalue weighted by Crippen LogP contribution is 2.16. The van der Waals surface area contributed by atoms with Crippen molar-refractivity contribution >= 4 is 11.6 Å². The van der Waals surface area contributed by atoms with Crippen LogP contribution in [0.1, 0.15) is 18.5 Å². The van der Waals surface area contributed by atoms with Gasteiger partial charge in [-0.3, -0.25) is 4.98 Å². The first kappa shape index (κ1) is 16.8. The van der Waals surface area contributed by atoms with E-state index in [1.165, 1.54) is 0 Å². The van der Waals surface area contributed by atoms with E-state index in [1.807, 2.05) is 43.3 Å². The molecule has 0 amide bonds. The van der Waals surface area contributed by atoms with Crippen molar-refractivity contribution in [2.45, 2.75) is 19.8 Å². The highest BCUT2D eigenvalue weighted by molar-refractivity contribution is 5.56. The third kappa shape index (κ3) is 5.24. The number of rotatable bonds is 8. The maximum Gasteiger partial charge on any atom is 0.161 e. The van der Waals surface area contributed by atoms with Crippen LogP contribution in [0.2, 0.25) is 0 Å². The zero-order valence-corrected chi connectivity index (χ0v) is 14.3. The molecule has 0 saturated heterocycles. The van der Waals surface area contributed by atoms with Gasteiger partial charge in [-0.05, 0) is 44.0 Å². The van der Waals surface area contributed by atoms with Gasteiger partial charge >= 0.3 is 0 Å². The van der Waals surface area contributed by atoms with Crippen LogP contribution in [0, 0.1) is 6.92 Å². The van der Waals surface area contributed by atoms with Crippen LogP contribution < -0.4 is 10.6 Å². The molecule has 0 unspecified atom stereocenters. The first-order chi connectivity index (χ1) is 12.3. The fraction of sp³-hybridized carbons (Fsp3) is 0.263. The van der Waals surface area contributed by atoms with E-state index in [1.54, 1.807) is 18.6 Å². The molecule has 0 fully saturated rings. The molecule has 0 saturated carbocycles. The van der Waals surface area contributed by atoms with Gasteiger partial charge in [0.05, 0.1) is 0 Å². The van der Waals surface area contributed by atoms with Crippen molar-refractivity contribution in [3.05, 3.63) is 60.7 Å². The Labute approximate surface area is 147 Å². The van der Waals surface area contributed by atoms with E-state index in [4.69, 9.17) is 0 Å². The number of pyridine rings is 2. The predicted octanol–water partition coefficient (Wildman–Crippen LogP) is 3.55. The molecule has 6 heteroatoms. The number of hydrogen-bond donors (Lipinski definition) is 2. The van der Waals surface area contributed by atoms with E-state index >= 15 is 0 Å². The zero-order valence-electron chi connectivity index (χ0n) is 14.3. The summed E-state index contributed by atoms with van der Waals surface area (Å²) < 4.78 is 0. The topological polar surface area (TPSA) is 75.6 Å². The summed E-state index contributed by atoms with van der Waals surface area (Å²) in [6, 6.07) is 11.7. The molecule has 0 aliphatic carbocycles. The monoisotopic (exact) mass is 334 g/mol. The Kier molecular flexibility index (Phi) is 5.87. The third-order valence-corrected chi connectivity index (χ3v) is 3.67. The van der Waals surface area contributed by atoms with Crippen LogP contribution in [0.4, 0.5) is 11.6 Å². The lowest BCUT2D eigenvalue weighted by Gasteiger charge is -2.09. The van der Waals surface area contributed by atoms with Crippen LogP contribution in [0.5, 0.6) is 0 Å². The van der Waals surface area contributed by atoms with Gasteiger partial charge in [-0.2, -0.15) is 0 Å². The molecule has 0 atom stereocenters. The van der Waals surface area contributed by atoms with Crippen LogP contribution in [-0.4, -0.2) is 33.0 Å². The van der Waals surface area contributed by atoms with Gasteiger partial charge in [0.2, 0.25) is 0 Å². The molecule has 25 heavy (non-hydrogen) atoms. The van der Waals surface area contributed by atoms with E-state index in [2.05, 4.69) is 30.6 Å². The lowest BCUT2D eigenvalue weighted by molar-refractivity contribution is 0.791. The Hall–Kier alpha value is -3.02. The van der Waals surface area contributed by atoms with Gasteiger partial charge in [0.1, 0.15) is 11.6 Å². The molecule has 6 nitrogen and oxygen atoms in total. The fourth-order valence-corrected chi connectivity index (χ4v) is 2.44. The summed E-state index contributed by atoms with van der Waals surface area (Å²) in [6.45, 7) is 3.76. The summed E-state index contributed by atoms with van der Waals surface area (Å²) in [5.74, 6) is 2.50. The molecule has 128 valence electrons. The first-order valence-electron chi connectivity index (χ1n) is 8.46. The third-order valence-electron chi connectivity index (χ3n) is 3.67. The zero-order chi connectivity index (χ0) is 17.3. The maximum atomic E-state index is 4.59. The lowest BCUT2D eigenvalue weighted by Crippen LogP contribution is -2.08. The molecule has 3 aromatic rings. The SMILES string of the molecule is Cc1cc(NCCCCNc2ccccn2)nc(-c2ccncc2)n1. The van der Waals surface area contributed by atoms with Crippen molar-refractivity contribution in [1.29, 1.82) is 0 Å². The number of nitrogens with zero attached hydrogens (tertiary/aromatic N) is 4. The standard InChI is InChI=1S/C19H22N6/c1-15-14-18(25-19(24-15)16-7-12-20-13-8-16)23-11-5-4-10-22-17-6-2-3-9-21-17/h2-3,6-9,12-14H,4-5,10-11H2,1H3,(H,21,22)(H,23,24,25). The molecule has 3 heterocycles. The summed E-state index contributed by atoms with van der Waals surface area (Å²) >= 11 is 0. The van der Waals surface area contributed by atoms with E-state index in [-0.39, 0.29) is 0 Å². The fourth-order valence-electron chi connectivity index (χ4n) is 2.44. The molecule has 2 N–H and O–H groups in total. The molecule has 0 radical (unpaired) electrons. The quantitative estimate of drug-likeness (QED) is 0.614. The Morgan fingerprint density at radius 1 is 0.840 bits per heavy atom. The Morgan fingerprint density at radius 2 is 1.60 bits per heavy atom. The Morgan fingerprint density at radius 3 is 2.32 bits per heavy atom. The minimum atomic E-state index is 0.724. The molecule has 0 aliphatic rings. The van der Waals surface area contributed by atoms with Gasteiger partial charge in [-0.15, -0.1) is 0 Å². The van der Waals surface area contributed by atoms with Gasteiger partial charge < -0.3 is 10.6 Å². The first-order valence-corrected chi connectivity index (χ1v) is 8.46. The molecular formula is C19H22N6. The van der Waals surface area contributed by atoms with Crippen molar-refractivity contribution in [2.24, 2.45) is 0 Å². The molecule has 0 spiro atoms. The summed E-state index contributed by atoms with van der Waals surface area (Å²) in [5, 5.41) is 6.70. The molecule has 3 rings (SSSR count). The largest absolute Gasteiger partial charge is 0.370 e. The van der Waals surface area contributed by atoms with E-state index in [0.717, 1.165) is 54.6 Å². The van der Waals surface area contributed by atoms with Crippen molar-refractivity contribution in [3.63, 3.8) is 0 Å². The normalized spacial score (nSPS) is 10.4. The molecule has 3 aromatic heterocycles. The number of anilines is 2. The summed E-state index contributed by atoms with van der Waals surface area (Å²) in [6.07, 6.45) is 7.41. The van der Waals surface area contributed by atoms with Gasteiger partial charge in [0, 0.05) is 49.0 Å². The smallest absolute Gasteiger partial charge is 0.161 e. The summed E-state index contributed by atoms with van der Waals surface area (Å²) in [4.78, 5) is 17.4. The van der Waals surface area contributed by atoms with Gasteiger partial charge in [-0.25, -0.2) is 15.0 Å². The van der Waals surface area contributed by atoms with Crippen LogP contribution >= 0.6 is 0 Å². The van der Waals surface area contributed by atoms with E-state index in [0.29, 0.717) is 0 Å². The number of nitrogens with one attached hydrogen (secondary N) is 2. The predicted molar refractivity (Wildman–Crippen MR) is 100 cm³/mol. The van der Waals surface area contributed by atoms with Crippen LogP contribution in [0.3, 0.4) is 0 Å². The highest BCUT2D eigenvalue weighted by atomic mass is 15.0. The van der Waals surface area contributed by atoms with Crippen molar-refractivity contribution < 1.29 is 0 Å². The second kappa shape index (κ2) is 8.73. The Bertz CT molecular complexity index is 776. The van der Waals surface area contributed by atoms with Gasteiger partial charge in [0.15, 0.2) is 5.82 Å². The second-order valence-corrected chi connectivity index (χ2v) is 5.73. The van der Waals surface area contributed by atoms with Gasteiger partial charge in [0.25, 0.3) is 0 Å². The highest BCUT2D eigenvalue weighted by Gasteiger charge is 2.04. The van der Waals surface area contributed by atoms with Crippen molar-refractivity contribution in [2.75, 3.05) is 23.7 Å². The average Bonchev–Trinajstić information content (AvgIpc) is 2.66. The Balaban J connectivity index is 1.46. The van der Waals surface area contributed by atoms with Crippen molar-refractivity contribution in [1.82, 2.24) is 19.9 Å². The second-order valence-electron chi connectivity index (χ2n) is 5.73. The van der Waals surface area contributed by atoms with Crippen LogP contribution in [-0.2, 0) is 0 Å². The maximum absolute atomic E-state index is 4.59. The molecule has 0 bridgehead atoms.